The summed E-state index contributed by atoms with van der Waals surface area (Å²) in [5.74, 6) is 0.128. The monoisotopic (exact) mass is 499 g/mol. The zero-order valence-corrected chi connectivity index (χ0v) is 20.1. The van der Waals surface area contributed by atoms with Crippen molar-refractivity contribution in [3.63, 3.8) is 0 Å². The molecule has 1 aliphatic heterocycles. The molecule has 1 aliphatic rings. The fourth-order valence-corrected chi connectivity index (χ4v) is 4.51. The highest BCUT2D eigenvalue weighted by Gasteiger charge is 2.46. The highest BCUT2D eigenvalue weighted by atomic mass is 35.5. The van der Waals surface area contributed by atoms with Crippen LogP contribution in [0, 0.1) is 0 Å². The molecule has 4 amide bonds. The standard InChI is InChI=1S/C24H22ClN3O5S/c1-32-18-10-16(11-19(12-18)33-2)26-22(29)13-21-23(30)28(17-7-5-15(25)6-8-17)24(31)27(21)14-20-4-3-9-34-20/h3-12,21H,13-14H2,1-2H3,(H,26,29)/t21-/m0/s1. The minimum absolute atomic E-state index is 0.209. The number of benzene rings is 2. The first-order chi connectivity index (χ1) is 16.4. The van der Waals surface area contributed by atoms with E-state index < -0.39 is 23.9 Å². The quantitative estimate of drug-likeness (QED) is 0.450. The lowest BCUT2D eigenvalue weighted by Crippen LogP contribution is -2.37. The van der Waals surface area contributed by atoms with Crippen molar-refractivity contribution in [2.45, 2.75) is 19.0 Å². The molecule has 0 spiro atoms. The average molecular weight is 500 g/mol. The van der Waals surface area contributed by atoms with Crippen LogP contribution in [0.3, 0.4) is 0 Å². The van der Waals surface area contributed by atoms with E-state index in [1.807, 2.05) is 17.5 Å². The van der Waals surface area contributed by atoms with Gasteiger partial charge in [-0.25, -0.2) is 9.69 Å². The average Bonchev–Trinajstić information content (AvgIpc) is 3.42. The number of amides is 4. The Balaban J connectivity index is 1.58. The SMILES string of the molecule is COc1cc(NC(=O)C[C@H]2C(=O)N(c3ccc(Cl)cc3)C(=O)N2Cc2cccs2)cc(OC)c1. The third kappa shape index (κ3) is 5.00. The highest BCUT2D eigenvalue weighted by Crippen LogP contribution is 2.31. The van der Waals surface area contributed by atoms with Gasteiger partial charge in [-0.1, -0.05) is 17.7 Å². The molecular weight excluding hydrogens is 478 g/mol. The predicted octanol–water partition coefficient (Wildman–Crippen LogP) is 4.78. The molecule has 0 bridgehead atoms. The van der Waals surface area contributed by atoms with Gasteiger partial charge in [0.1, 0.15) is 17.5 Å². The molecular formula is C24H22ClN3O5S. The van der Waals surface area contributed by atoms with E-state index in [0.29, 0.717) is 27.9 Å². The van der Waals surface area contributed by atoms with Crippen LogP contribution < -0.4 is 19.7 Å². The zero-order valence-electron chi connectivity index (χ0n) is 18.5. The number of nitrogens with zero attached hydrogens (tertiary/aromatic N) is 2. The number of anilines is 2. The Labute approximate surface area is 205 Å². The number of methoxy groups -OCH3 is 2. The molecule has 0 aliphatic carbocycles. The number of urea groups is 1. The lowest BCUT2D eigenvalue weighted by atomic mass is 10.1. The number of carbonyl (C=O) groups is 3. The van der Waals surface area contributed by atoms with Crippen molar-refractivity contribution < 1.29 is 23.9 Å². The normalized spacial score (nSPS) is 15.6. The van der Waals surface area contributed by atoms with E-state index in [0.717, 1.165) is 9.78 Å². The molecule has 10 heteroatoms. The second-order valence-corrected chi connectivity index (χ2v) is 8.98. The second-order valence-electron chi connectivity index (χ2n) is 7.51. The van der Waals surface area contributed by atoms with E-state index in [1.165, 1.54) is 30.5 Å². The Hall–Kier alpha value is -3.56. The number of ether oxygens (including phenoxy) is 2. The Kier molecular flexibility index (Phi) is 7.04. The van der Waals surface area contributed by atoms with Gasteiger partial charge in [0, 0.05) is 33.8 Å². The van der Waals surface area contributed by atoms with E-state index >= 15 is 0 Å². The maximum atomic E-state index is 13.3. The molecule has 0 saturated carbocycles. The highest BCUT2D eigenvalue weighted by molar-refractivity contribution is 7.09. The smallest absolute Gasteiger partial charge is 0.332 e. The molecule has 2 aromatic carbocycles. The molecule has 1 aromatic heterocycles. The Morgan fingerprint density at radius 3 is 2.32 bits per heavy atom. The van der Waals surface area contributed by atoms with Gasteiger partial charge < -0.3 is 19.7 Å². The van der Waals surface area contributed by atoms with Crippen molar-refractivity contribution in [3.05, 3.63) is 69.9 Å². The minimum atomic E-state index is -0.960. The largest absolute Gasteiger partial charge is 0.497 e. The summed E-state index contributed by atoms with van der Waals surface area (Å²) >= 11 is 7.44. The number of halogens is 1. The Morgan fingerprint density at radius 2 is 1.74 bits per heavy atom. The molecule has 34 heavy (non-hydrogen) atoms. The number of thiophene rings is 1. The number of rotatable bonds is 8. The van der Waals surface area contributed by atoms with Crippen molar-refractivity contribution in [1.29, 1.82) is 0 Å². The van der Waals surface area contributed by atoms with Gasteiger partial charge in [-0.3, -0.25) is 9.59 Å². The first-order valence-corrected chi connectivity index (χ1v) is 11.6. The van der Waals surface area contributed by atoms with Gasteiger partial charge in [0.15, 0.2) is 0 Å². The summed E-state index contributed by atoms with van der Waals surface area (Å²) in [7, 11) is 3.02. The van der Waals surface area contributed by atoms with Crippen LogP contribution in [-0.4, -0.2) is 43.0 Å². The Bertz CT molecular complexity index is 1180. The first kappa shape index (κ1) is 23.6. The molecule has 0 radical (unpaired) electrons. The summed E-state index contributed by atoms with van der Waals surface area (Å²) in [4.78, 5) is 43.0. The summed E-state index contributed by atoms with van der Waals surface area (Å²) in [5, 5.41) is 5.16. The molecule has 1 N–H and O–H groups in total. The lowest BCUT2D eigenvalue weighted by molar-refractivity contribution is -0.124. The fourth-order valence-electron chi connectivity index (χ4n) is 3.68. The van der Waals surface area contributed by atoms with Gasteiger partial charge in [-0.05, 0) is 35.7 Å². The molecule has 176 valence electrons. The summed E-state index contributed by atoms with van der Waals surface area (Å²) in [6.07, 6.45) is -0.209. The Morgan fingerprint density at radius 1 is 1.06 bits per heavy atom. The number of carbonyl (C=O) groups excluding carboxylic acids is 3. The third-order valence-electron chi connectivity index (χ3n) is 5.32. The molecule has 0 unspecified atom stereocenters. The molecule has 4 rings (SSSR count). The lowest BCUT2D eigenvalue weighted by Gasteiger charge is -2.21. The summed E-state index contributed by atoms with van der Waals surface area (Å²) in [6, 6.07) is 13.7. The van der Waals surface area contributed by atoms with Crippen molar-refractivity contribution in [2.75, 3.05) is 24.4 Å². The van der Waals surface area contributed by atoms with Crippen LogP contribution in [0.25, 0.3) is 0 Å². The van der Waals surface area contributed by atoms with E-state index in [4.69, 9.17) is 21.1 Å². The second kappa shape index (κ2) is 10.1. The maximum Gasteiger partial charge on any atom is 0.332 e. The fraction of sp³-hybridized carbons (Fsp3) is 0.208. The van der Waals surface area contributed by atoms with Crippen molar-refractivity contribution in [3.8, 4) is 11.5 Å². The molecule has 8 nitrogen and oxygen atoms in total. The van der Waals surface area contributed by atoms with Crippen molar-refractivity contribution in [2.24, 2.45) is 0 Å². The van der Waals surface area contributed by atoms with E-state index in [2.05, 4.69) is 5.32 Å². The van der Waals surface area contributed by atoms with Crippen LogP contribution in [0.2, 0.25) is 5.02 Å². The number of imide groups is 1. The number of hydrogen-bond acceptors (Lipinski definition) is 6. The van der Waals surface area contributed by atoms with Crippen molar-refractivity contribution in [1.82, 2.24) is 4.90 Å². The van der Waals surface area contributed by atoms with Crippen molar-refractivity contribution >= 4 is 52.2 Å². The number of hydrogen-bond donors (Lipinski definition) is 1. The van der Waals surface area contributed by atoms with Gasteiger partial charge in [0.2, 0.25) is 5.91 Å². The minimum Gasteiger partial charge on any atom is -0.497 e. The van der Waals surface area contributed by atoms with Gasteiger partial charge in [-0.15, -0.1) is 11.3 Å². The van der Waals surface area contributed by atoms with E-state index in [9.17, 15) is 14.4 Å². The van der Waals surface area contributed by atoms with Crippen LogP contribution in [-0.2, 0) is 16.1 Å². The van der Waals surface area contributed by atoms with Gasteiger partial charge in [-0.2, -0.15) is 0 Å². The molecule has 3 aromatic rings. The first-order valence-electron chi connectivity index (χ1n) is 10.3. The van der Waals surface area contributed by atoms with Gasteiger partial charge in [0.05, 0.1) is 32.9 Å². The van der Waals surface area contributed by atoms with Crippen LogP contribution in [0.5, 0.6) is 11.5 Å². The van der Waals surface area contributed by atoms with E-state index in [1.54, 1.807) is 42.5 Å². The summed E-state index contributed by atoms with van der Waals surface area (Å²) in [6.45, 7) is 0.220. The molecule has 1 saturated heterocycles. The van der Waals surface area contributed by atoms with Crippen LogP contribution >= 0.6 is 22.9 Å². The number of nitrogens with one attached hydrogen (secondary N) is 1. The van der Waals surface area contributed by atoms with Crippen LogP contribution in [0.15, 0.2) is 60.0 Å². The molecule has 1 fully saturated rings. The van der Waals surface area contributed by atoms with E-state index in [-0.39, 0.29) is 13.0 Å². The predicted molar refractivity (Wildman–Crippen MR) is 131 cm³/mol. The van der Waals surface area contributed by atoms with Gasteiger partial charge >= 0.3 is 6.03 Å². The zero-order chi connectivity index (χ0) is 24.2. The third-order valence-corrected chi connectivity index (χ3v) is 6.44. The topological polar surface area (TPSA) is 88.2 Å². The van der Waals surface area contributed by atoms with Crippen LogP contribution in [0.1, 0.15) is 11.3 Å². The van der Waals surface area contributed by atoms with Gasteiger partial charge in [0.25, 0.3) is 5.91 Å². The molecule has 1 atom stereocenters. The summed E-state index contributed by atoms with van der Waals surface area (Å²) < 4.78 is 10.5. The summed E-state index contributed by atoms with van der Waals surface area (Å²) in [5.41, 5.74) is 0.855. The van der Waals surface area contributed by atoms with Crippen LogP contribution in [0.4, 0.5) is 16.2 Å². The molecule has 2 heterocycles. The maximum absolute atomic E-state index is 13.3.